The molecule has 21 heavy (non-hydrogen) atoms. The summed E-state index contributed by atoms with van der Waals surface area (Å²) in [5.41, 5.74) is 5.63. The van der Waals surface area contributed by atoms with Gasteiger partial charge in [0, 0.05) is 0 Å². The highest BCUT2D eigenvalue weighted by Crippen LogP contribution is 2.36. The molecule has 0 aliphatic heterocycles. The second-order valence-electron chi connectivity index (χ2n) is 5.84. The first-order valence-electron chi connectivity index (χ1n) is 7.66. The summed E-state index contributed by atoms with van der Waals surface area (Å²) in [5, 5.41) is 0. The van der Waals surface area contributed by atoms with Gasteiger partial charge in [-0.25, -0.2) is 0 Å². The van der Waals surface area contributed by atoms with Crippen molar-refractivity contribution in [1.82, 2.24) is 0 Å². The van der Waals surface area contributed by atoms with E-state index < -0.39 is 0 Å². The first-order valence-corrected chi connectivity index (χ1v) is 7.66. The van der Waals surface area contributed by atoms with Crippen molar-refractivity contribution in [2.45, 2.75) is 32.1 Å². The number of methoxy groups -OCH3 is 1. The molecule has 3 rings (SSSR count). The molecule has 0 saturated carbocycles. The fraction of sp³-hybridized carbons (Fsp3) is 0.300. The highest BCUT2D eigenvalue weighted by molar-refractivity contribution is 5.66. The van der Waals surface area contributed by atoms with Crippen molar-refractivity contribution in [2.75, 3.05) is 7.11 Å². The van der Waals surface area contributed by atoms with E-state index in [4.69, 9.17) is 4.74 Å². The van der Waals surface area contributed by atoms with Crippen molar-refractivity contribution < 1.29 is 4.74 Å². The summed E-state index contributed by atoms with van der Waals surface area (Å²) < 4.78 is 5.23. The van der Waals surface area contributed by atoms with Crippen LogP contribution in [0.2, 0.25) is 0 Å². The summed E-state index contributed by atoms with van der Waals surface area (Å²) in [7, 11) is 1.71. The number of rotatable bonds is 3. The quantitative estimate of drug-likeness (QED) is 0.735. The SMILES string of the molecule is COc1ccc(C2CC=C(c3ccc(C)cc3)CC2)cc1. The molecule has 1 heteroatoms. The smallest absolute Gasteiger partial charge is 0.118 e. The molecule has 0 fully saturated rings. The van der Waals surface area contributed by atoms with Gasteiger partial charge in [-0.1, -0.05) is 48.0 Å². The number of hydrogen-bond acceptors (Lipinski definition) is 1. The topological polar surface area (TPSA) is 9.23 Å². The number of benzene rings is 2. The summed E-state index contributed by atoms with van der Waals surface area (Å²) in [6, 6.07) is 17.4. The average molecular weight is 278 g/mol. The molecule has 2 aromatic carbocycles. The Hall–Kier alpha value is -2.02. The van der Waals surface area contributed by atoms with Crippen molar-refractivity contribution in [3.63, 3.8) is 0 Å². The Kier molecular flexibility index (Phi) is 4.10. The molecule has 1 aliphatic rings. The second-order valence-corrected chi connectivity index (χ2v) is 5.84. The van der Waals surface area contributed by atoms with Gasteiger partial charge in [0.15, 0.2) is 0 Å². The van der Waals surface area contributed by atoms with Crippen LogP contribution in [0.4, 0.5) is 0 Å². The molecule has 0 aromatic heterocycles. The summed E-state index contributed by atoms with van der Waals surface area (Å²) in [4.78, 5) is 0. The third-order valence-corrected chi connectivity index (χ3v) is 4.42. The van der Waals surface area contributed by atoms with Crippen molar-refractivity contribution in [1.29, 1.82) is 0 Å². The maximum atomic E-state index is 5.23. The molecule has 0 saturated heterocycles. The van der Waals surface area contributed by atoms with E-state index in [1.54, 1.807) is 7.11 Å². The lowest BCUT2D eigenvalue weighted by Gasteiger charge is -2.23. The molecular formula is C20H22O. The molecule has 0 amide bonds. The van der Waals surface area contributed by atoms with Gasteiger partial charge in [0.05, 0.1) is 7.11 Å². The summed E-state index contributed by atoms with van der Waals surface area (Å²) in [6.07, 6.45) is 5.95. The van der Waals surface area contributed by atoms with E-state index in [0.717, 1.165) is 12.2 Å². The standard InChI is InChI=1S/C20H22O/c1-15-3-5-16(6-4-15)17-7-9-18(10-8-17)19-11-13-20(21-2)14-12-19/h3-7,11-14,18H,8-10H2,1-2H3. The predicted octanol–water partition coefficient (Wildman–Crippen LogP) is 5.35. The monoisotopic (exact) mass is 278 g/mol. The van der Waals surface area contributed by atoms with Gasteiger partial charge in [-0.3, -0.25) is 0 Å². The maximum Gasteiger partial charge on any atom is 0.118 e. The van der Waals surface area contributed by atoms with E-state index in [1.807, 2.05) is 0 Å². The Morgan fingerprint density at radius 1 is 0.952 bits per heavy atom. The Balaban J connectivity index is 1.72. The van der Waals surface area contributed by atoms with Crippen molar-refractivity contribution in [3.05, 3.63) is 71.3 Å². The Labute approximate surface area is 127 Å². The van der Waals surface area contributed by atoms with Gasteiger partial charge in [0.25, 0.3) is 0 Å². The van der Waals surface area contributed by atoms with Gasteiger partial charge < -0.3 is 4.74 Å². The first kappa shape index (κ1) is 13.9. The number of hydrogen-bond donors (Lipinski definition) is 0. The van der Waals surface area contributed by atoms with E-state index in [-0.39, 0.29) is 0 Å². The minimum Gasteiger partial charge on any atom is -0.497 e. The summed E-state index contributed by atoms with van der Waals surface area (Å²) in [6.45, 7) is 2.14. The molecule has 1 aliphatic carbocycles. The Morgan fingerprint density at radius 3 is 2.24 bits per heavy atom. The number of allylic oxidation sites excluding steroid dienone is 2. The molecule has 1 nitrogen and oxygen atoms in total. The van der Waals surface area contributed by atoms with E-state index >= 15 is 0 Å². The molecule has 1 atom stereocenters. The highest BCUT2D eigenvalue weighted by Gasteiger charge is 2.17. The van der Waals surface area contributed by atoms with Gasteiger partial charge >= 0.3 is 0 Å². The zero-order chi connectivity index (χ0) is 14.7. The fourth-order valence-corrected chi connectivity index (χ4v) is 3.04. The summed E-state index contributed by atoms with van der Waals surface area (Å²) in [5.74, 6) is 1.58. The van der Waals surface area contributed by atoms with Crippen LogP contribution in [0.1, 0.15) is 41.9 Å². The normalized spacial score (nSPS) is 18.2. The van der Waals surface area contributed by atoms with Crippen molar-refractivity contribution >= 4 is 5.57 Å². The number of aryl methyl sites for hydroxylation is 1. The molecule has 0 N–H and O–H groups in total. The van der Waals surface area contributed by atoms with E-state index in [1.165, 1.54) is 35.1 Å². The minimum atomic E-state index is 0.644. The minimum absolute atomic E-state index is 0.644. The molecule has 0 spiro atoms. The van der Waals surface area contributed by atoms with Gasteiger partial charge in [-0.15, -0.1) is 0 Å². The van der Waals surface area contributed by atoms with Gasteiger partial charge in [-0.2, -0.15) is 0 Å². The third kappa shape index (κ3) is 3.18. The lowest BCUT2D eigenvalue weighted by Crippen LogP contribution is -2.04. The first-order chi connectivity index (χ1) is 10.3. The molecule has 1 unspecified atom stereocenters. The molecular weight excluding hydrogens is 256 g/mol. The lowest BCUT2D eigenvalue weighted by molar-refractivity contribution is 0.414. The molecule has 0 radical (unpaired) electrons. The molecule has 108 valence electrons. The maximum absolute atomic E-state index is 5.23. The average Bonchev–Trinajstić information content (AvgIpc) is 2.56. The van der Waals surface area contributed by atoms with Crippen LogP contribution >= 0.6 is 0 Å². The van der Waals surface area contributed by atoms with Crippen LogP contribution in [-0.4, -0.2) is 7.11 Å². The van der Waals surface area contributed by atoms with E-state index in [0.29, 0.717) is 5.92 Å². The fourth-order valence-electron chi connectivity index (χ4n) is 3.04. The van der Waals surface area contributed by atoms with Crippen LogP contribution in [0.3, 0.4) is 0 Å². The van der Waals surface area contributed by atoms with Crippen molar-refractivity contribution in [3.8, 4) is 5.75 Å². The Morgan fingerprint density at radius 2 is 1.67 bits per heavy atom. The van der Waals surface area contributed by atoms with Crippen LogP contribution < -0.4 is 4.74 Å². The van der Waals surface area contributed by atoms with Crippen LogP contribution in [0.25, 0.3) is 5.57 Å². The van der Waals surface area contributed by atoms with Gasteiger partial charge in [-0.05, 0) is 60.9 Å². The van der Waals surface area contributed by atoms with E-state index in [2.05, 4.69) is 61.5 Å². The van der Waals surface area contributed by atoms with Crippen LogP contribution in [0.15, 0.2) is 54.6 Å². The van der Waals surface area contributed by atoms with Crippen LogP contribution in [0, 0.1) is 6.92 Å². The largest absolute Gasteiger partial charge is 0.497 e. The zero-order valence-corrected chi connectivity index (χ0v) is 12.8. The molecule has 2 aromatic rings. The van der Waals surface area contributed by atoms with Crippen LogP contribution in [0.5, 0.6) is 5.75 Å². The zero-order valence-electron chi connectivity index (χ0n) is 12.8. The second kappa shape index (κ2) is 6.17. The molecule has 0 heterocycles. The third-order valence-electron chi connectivity index (χ3n) is 4.42. The van der Waals surface area contributed by atoms with Gasteiger partial charge in [0.2, 0.25) is 0 Å². The van der Waals surface area contributed by atoms with Gasteiger partial charge in [0.1, 0.15) is 5.75 Å². The lowest BCUT2D eigenvalue weighted by atomic mass is 9.82. The highest BCUT2D eigenvalue weighted by atomic mass is 16.5. The Bertz CT molecular complexity index is 620. The summed E-state index contributed by atoms with van der Waals surface area (Å²) >= 11 is 0. The van der Waals surface area contributed by atoms with E-state index in [9.17, 15) is 0 Å². The predicted molar refractivity (Wildman–Crippen MR) is 88.7 cm³/mol. The van der Waals surface area contributed by atoms with Crippen molar-refractivity contribution in [2.24, 2.45) is 0 Å². The molecule has 0 bridgehead atoms. The van der Waals surface area contributed by atoms with Crippen LogP contribution in [-0.2, 0) is 0 Å². The number of ether oxygens (including phenoxy) is 1.